The fourth-order valence-electron chi connectivity index (χ4n) is 1.88. The van der Waals surface area contributed by atoms with Crippen molar-refractivity contribution in [2.24, 2.45) is 0 Å². The van der Waals surface area contributed by atoms with Crippen molar-refractivity contribution in [2.75, 3.05) is 6.61 Å². The van der Waals surface area contributed by atoms with Crippen LogP contribution in [0.2, 0.25) is 0 Å². The minimum absolute atomic E-state index is 0.00884. The van der Waals surface area contributed by atoms with Crippen LogP contribution in [-0.2, 0) is 0 Å². The lowest BCUT2D eigenvalue weighted by Crippen LogP contribution is -2.34. The van der Waals surface area contributed by atoms with E-state index >= 15 is 0 Å². The zero-order valence-electron chi connectivity index (χ0n) is 10.5. The van der Waals surface area contributed by atoms with E-state index in [0.29, 0.717) is 0 Å². The summed E-state index contributed by atoms with van der Waals surface area (Å²) in [5, 5.41) is 12.6. The summed E-state index contributed by atoms with van der Waals surface area (Å²) < 4.78 is 0. The summed E-state index contributed by atoms with van der Waals surface area (Å²) in [6.07, 6.45) is 1.79. The Bertz CT molecular complexity index is 419. The Labute approximate surface area is 108 Å². The maximum absolute atomic E-state index is 9.19. The third-order valence-electron chi connectivity index (χ3n) is 2.84. The molecule has 2 rings (SSSR count). The first-order chi connectivity index (χ1) is 8.81. The van der Waals surface area contributed by atoms with E-state index in [1.54, 1.807) is 6.20 Å². The second-order valence-electron chi connectivity index (χ2n) is 4.35. The summed E-state index contributed by atoms with van der Waals surface area (Å²) in [4.78, 5) is 4.40. The van der Waals surface area contributed by atoms with Crippen molar-refractivity contribution in [3.8, 4) is 0 Å². The molecule has 1 aromatic carbocycles. The first-order valence-corrected chi connectivity index (χ1v) is 6.14. The first kappa shape index (κ1) is 12.7. The molecule has 0 fully saturated rings. The van der Waals surface area contributed by atoms with Crippen LogP contribution in [0.15, 0.2) is 54.7 Å². The quantitative estimate of drug-likeness (QED) is 0.844. The van der Waals surface area contributed by atoms with Gasteiger partial charge in [-0.25, -0.2) is 0 Å². The Morgan fingerprint density at radius 1 is 1.11 bits per heavy atom. The Kier molecular flexibility index (Phi) is 4.45. The highest BCUT2D eigenvalue weighted by Gasteiger charge is 2.16. The van der Waals surface area contributed by atoms with Crippen LogP contribution in [0.5, 0.6) is 0 Å². The van der Waals surface area contributed by atoms with Gasteiger partial charge in [0, 0.05) is 12.2 Å². The third-order valence-corrected chi connectivity index (χ3v) is 2.84. The maximum atomic E-state index is 9.19. The van der Waals surface area contributed by atoms with Gasteiger partial charge in [0.2, 0.25) is 0 Å². The van der Waals surface area contributed by atoms with E-state index in [1.165, 1.54) is 0 Å². The van der Waals surface area contributed by atoms with Gasteiger partial charge in [-0.05, 0) is 24.6 Å². The number of aromatic nitrogens is 1. The monoisotopic (exact) mass is 242 g/mol. The maximum Gasteiger partial charge on any atom is 0.0754 e. The number of rotatable bonds is 5. The fourth-order valence-corrected chi connectivity index (χ4v) is 1.88. The predicted octanol–water partition coefficient (Wildman–Crippen LogP) is 2.14. The van der Waals surface area contributed by atoms with Gasteiger partial charge < -0.3 is 10.4 Å². The second kappa shape index (κ2) is 6.28. The molecule has 0 aliphatic carbocycles. The highest BCUT2D eigenvalue weighted by atomic mass is 16.3. The van der Waals surface area contributed by atoms with Crippen LogP contribution in [0, 0.1) is 0 Å². The number of hydrogen-bond donors (Lipinski definition) is 2. The largest absolute Gasteiger partial charge is 0.395 e. The molecule has 2 N–H and O–H groups in total. The van der Waals surface area contributed by atoms with Crippen LogP contribution in [0.4, 0.5) is 0 Å². The van der Waals surface area contributed by atoms with E-state index in [0.717, 1.165) is 11.3 Å². The van der Waals surface area contributed by atoms with Crippen LogP contribution in [0.25, 0.3) is 0 Å². The molecule has 0 bridgehead atoms. The molecule has 1 heterocycles. The Morgan fingerprint density at radius 3 is 2.44 bits per heavy atom. The molecule has 0 radical (unpaired) electrons. The molecule has 0 aliphatic rings. The van der Waals surface area contributed by atoms with Crippen LogP contribution in [-0.4, -0.2) is 22.7 Å². The van der Waals surface area contributed by atoms with Gasteiger partial charge in [0.25, 0.3) is 0 Å². The number of nitrogens with one attached hydrogen (secondary N) is 1. The van der Waals surface area contributed by atoms with Crippen LogP contribution in [0.3, 0.4) is 0 Å². The van der Waals surface area contributed by atoms with Crippen molar-refractivity contribution in [2.45, 2.75) is 19.0 Å². The second-order valence-corrected chi connectivity index (χ2v) is 4.35. The van der Waals surface area contributed by atoms with Crippen molar-refractivity contribution in [1.29, 1.82) is 0 Å². The van der Waals surface area contributed by atoms with Crippen molar-refractivity contribution in [1.82, 2.24) is 10.3 Å². The minimum atomic E-state index is 0.00884. The fraction of sp³-hybridized carbons (Fsp3) is 0.267. The van der Waals surface area contributed by atoms with E-state index in [4.69, 9.17) is 0 Å². The van der Waals surface area contributed by atoms with Crippen molar-refractivity contribution in [3.05, 3.63) is 66.0 Å². The van der Waals surface area contributed by atoms with Gasteiger partial charge in [-0.3, -0.25) is 4.98 Å². The molecule has 0 saturated carbocycles. The van der Waals surface area contributed by atoms with Crippen LogP contribution in [0.1, 0.15) is 24.2 Å². The number of pyridine rings is 1. The van der Waals surface area contributed by atoms with Crippen molar-refractivity contribution >= 4 is 0 Å². The molecule has 0 amide bonds. The molecule has 1 aromatic heterocycles. The number of nitrogens with zero attached hydrogens (tertiary/aromatic N) is 1. The lowest BCUT2D eigenvalue weighted by molar-refractivity contribution is 0.245. The molecule has 3 nitrogen and oxygen atoms in total. The summed E-state index contributed by atoms with van der Waals surface area (Å²) >= 11 is 0. The van der Waals surface area contributed by atoms with Gasteiger partial charge in [-0.15, -0.1) is 0 Å². The Hall–Kier alpha value is -1.71. The van der Waals surface area contributed by atoms with Gasteiger partial charge in [0.15, 0.2) is 0 Å². The summed E-state index contributed by atoms with van der Waals surface area (Å²) in [6, 6.07) is 16.1. The van der Waals surface area contributed by atoms with E-state index in [9.17, 15) is 5.11 Å². The highest BCUT2D eigenvalue weighted by molar-refractivity contribution is 5.27. The zero-order chi connectivity index (χ0) is 12.8. The van der Waals surface area contributed by atoms with Crippen molar-refractivity contribution in [3.63, 3.8) is 0 Å². The molecule has 2 atom stereocenters. The zero-order valence-corrected chi connectivity index (χ0v) is 10.5. The normalized spacial score (nSPS) is 14.1. The van der Waals surface area contributed by atoms with Gasteiger partial charge >= 0.3 is 0 Å². The predicted molar refractivity (Wildman–Crippen MR) is 72.2 cm³/mol. The highest BCUT2D eigenvalue weighted by Crippen LogP contribution is 2.20. The first-order valence-electron chi connectivity index (χ1n) is 6.14. The lowest BCUT2D eigenvalue weighted by Gasteiger charge is -2.22. The van der Waals surface area contributed by atoms with E-state index < -0.39 is 0 Å². The van der Waals surface area contributed by atoms with E-state index in [2.05, 4.69) is 22.4 Å². The number of aliphatic hydroxyl groups excluding tert-OH is 1. The summed E-state index contributed by atoms with van der Waals surface area (Å²) in [7, 11) is 0. The van der Waals surface area contributed by atoms with Gasteiger partial charge in [-0.2, -0.15) is 0 Å². The molecule has 0 saturated heterocycles. The number of benzene rings is 1. The summed E-state index contributed by atoms with van der Waals surface area (Å²) in [5.74, 6) is 0. The van der Waals surface area contributed by atoms with E-state index in [1.807, 2.05) is 43.3 Å². The number of aliphatic hydroxyl groups is 1. The average molecular weight is 242 g/mol. The minimum Gasteiger partial charge on any atom is -0.395 e. The molecule has 1 unspecified atom stereocenters. The lowest BCUT2D eigenvalue weighted by atomic mass is 10.0. The summed E-state index contributed by atoms with van der Waals surface area (Å²) in [5.41, 5.74) is 2.11. The molecular weight excluding hydrogens is 224 g/mol. The van der Waals surface area contributed by atoms with Gasteiger partial charge in [0.1, 0.15) is 0 Å². The third kappa shape index (κ3) is 3.15. The molecule has 0 spiro atoms. The topological polar surface area (TPSA) is 45.1 Å². The van der Waals surface area contributed by atoms with Crippen molar-refractivity contribution < 1.29 is 5.11 Å². The van der Waals surface area contributed by atoms with Gasteiger partial charge in [-0.1, -0.05) is 36.4 Å². The molecule has 2 aromatic rings. The Morgan fingerprint density at radius 2 is 1.83 bits per heavy atom. The van der Waals surface area contributed by atoms with Crippen LogP contribution < -0.4 is 5.32 Å². The average Bonchev–Trinajstić information content (AvgIpc) is 2.46. The van der Waals surface area contributed by atoms with Gasteiger partial charge in [0.05, 0.1) is 18.3 Å². The SMILES string of the molecule is C[C@H](CO)NC(c1ccccc1)c1ccccn1. The smallest absolute Gasteiger partial charge is 0.0754 e. The molecule has 18 heavy (non-hydrogen) atoms. The summed E-state index contributed by atoms with van der Waals surface area (Å²) in [6.45, 7) is 2.06. The molecule has 0 aliphatic heterocycles. The van der Waals surface area contributed by atoms with E-state index in [-0.39, 0.29) is 18.7 Å². The number of hydrogen-bond acceptors (Lipinski definition) is 3. The molecular formula is C15H18N2O. The molecule has 3 heteroatoms. The van der Waals surface area contributed by atoms with Crippen LogP contribution >= 0.6 is 0 Å². The molecule has 94 valence electrons. The Balaban J connectivity index is 2.29. The standard InChI is InChI=1S/C15H18N2O/c1-12(11-18)17-15(13-7-3-2-4-8-13)14-9-5-6-10-16-14/h2-10,12,15,17-18H,11H2,1H3/t12-,15?/m1/s1.